The van der Waals surface area contributed by atoms with Crippen LogP contribution < -0.4 is 5.32 Å². The Hall–Kier alpha value is -2.25. The van der Waals surface area contributed by atoms with Crippen LogP contribution in [0.3, 0.4) is 0 Å². The van der Waals surface area contributed by atoms with Gasteiger partial charge in [-0.1, -0.05) is 13.8 Å². The minimum atomic E-state index is -2.67. The van der Waals surface area contributed by atoms with Gasteiger partial charge in [-0.05, 0) is 38.0 Å². The van der Waals surface area contributed by atoms with Crippen LogP contribution in [0.2, 0.25) is 0 Å². The summed E-state index contributed by atoms with van der Waals surface area (Å²) in [5.74, 6) is -2.98. The summed E-state index contributed by atoms with van der Waals surface area (Å²) in [5.41, 5.74) is 1.12. The van der Waals surface area contributed by atoms with Crippen molar-refractivity contribution in [3.8, 4) is 0 Å². The quantitative estimate of drug-likeness (QED) is 0.834. The van der Waals surface area contributed by atoms with Crippen molar-refractivity contribution in [1.82, 2.24) is 20.0 Å². The molecule has 28 heavy (non-hydrogen) atoms. The Balaban J connectivity index is 1.29. The van der Waals surface area contributed by atoms with Crippen LogP contribution in [0.5, 0.6) is 0 Å². The van der Waals surface area contributed by atoms with Crippen LogP contribution in [-0.2, 0) is 12.8 Å². The van der Waals surface area contributed by atoms with Gasteiger partial charge in [0, 0.05) is 35.2 Å². The molecule has 3 aliphatic rings. The summed E-state index contributed by atoms with van der Waals surface area (Å²) < 4.78 is 30.1. The topological polar surface area (TPSA) is 75.6 Å². The number of fused-ring (bicyclic) bond motifs is 2. The summed E-state index contributed by atoms with van der Waals surface area (Å²) in [6, 6.07) is 0.370. The monoisotopic (exact) mass is 389 g/mol. The molecule has 3 aliphatic carbocycles. The molecule has 0 spiro atoms. The van der Waals surface area contributed by atoms with E-state index in [1.807, 2.05) is 10.9 Å². The molecular formula is C20H25F2N5O. The Bertz CT molecular complexity index is 927. The fourth-order valence-corrected chi connectivity index (χ4v) is 5.09. The number of H-pyrrole nitrogens is 1. The van der Waals surface area contributed by atoms with E-state index in [1.165, 1.54) is 12.8 Å². The molecule has 0 aliphatic heterocycles. The third kappa shape index (κ3) is 2.53. The van der Waals surface area contributed by atoms with E-state index in [4.69, 9.17) is 0 Å². The summed E-state index contributed by atoms with van der Waals surface area (Å²) >= 11 is 0. The lowest BCUT2D eigenvalue weighted by Gasteiger charge is -2.26. The van der Waals surface area contributed by atoms with Gasteiger partial charge < -0.3 is 5.32 Å². The number of aromatic amines is 1. The number of aromatic nitrogens is 4. The van der Waals surface area contributed by atoms with Crippen molar-refractivity contribution in [2.75, 3.05) is 5.32 Å². The van der Waals surface area contributed by atoms with Gasteiger partial charge >= 0.3 is 0 Å². The Morgan fingerprint density at radius 1 is 1.32 bits per heavy atom. The smallest absolute Gasteiger partial charge is 0.276 e. The fraction of sp³-hybridized carbons (Fsp3) is 0.650. The summed E-state index contributed by atoms with van der Waals surface area (Å²) in [6.07, 6.45) is 8.49. The lowest BCUT2D eigenvalue weighted by molar-refractivity contribution is 0.0631. The van der Waals surface area contributed by atoms with Crippen molar-refractivity contribution in [2.45, 2.75) is 64.3 Å². The zero-order valence-electron chi connectivity index (χ0n) is 16.1. The predicted molar refractivity (Wildman–Crippen MR) is 99.4 cm³/mol. The Morgan fingerprint density at radius 2 is 2.07 bits per heavy atom. The number of nitrogens with zero attached hydrogens (tertiary/aromatic N) is 3. The second-order valence-corrected chi connectivity index (χ2v) is 9.08. The minimum Gasteiger partial charge on any atom is -0.318 e. The van der Waals surface area contributed by atoms with Gasteiger partial charge in [0.1, 0.15) is 0 Å². The maximum atomic E-state index is 14.1. The predicted octanol–water partition coefficient (Wildman–Crippen LogP) is 3.98. The molecule has 0 radical (unpaired) electrons. The second-order valence-electron chi connectivity index (χ2n) is 9.08. The molecule has 2 N–H and O–H groups in total. The van der Waals surface area contributed by atoms with Crippen molar-refractivity contribution in [2.24, 2.45) is 17.3 Å². The third-order valence-electron chi connectivity index (χ3n) is 7.22. The van der Waals surface area contributed by atoms with Crippen LogP contribution in [0, 0.1) is 17.3 Å². The van der Waals surface area contributed by atoms with Gasteiger partial charge in [-0.15, -0.1) is 0 Å². The first-order valence-electron chi connectivity index (χ1n) is 10.1. The van der Waals surface area contributed by atoms with E-state index in [1.54, 1.807) is 13.1 Å². The van der Waals surface area contributed by atoms with Gasteiger partial charge in [-0.2, -0.15) is 10.2 Å². The van der Waals surface area contributed by atoms with E-state index in [-0.39, 0.29) is 24.4 Å². The van der Waals surface area contributed by atoms with E-state index in [2.05, 4.69) is 27.5 Å². The van der Waals surface area contributed by atoms with Crippen LogP contribution >= 0.6 is 0 Å². The summed E-state index contributed by atoms with van der Waals surface area (Å²) in [4.78, 5) is 12.7. The van der Waals surface area contributed by atoms with Crippen LogP contribution in [0.15, 0.2) is 12.4 Å². The number of carbonyl (C=O) groups excluding carboxylic acids is 1. The highest BCUT2D eigenvalue weighted by atomic mass is 19.3. The molecule has 0 aromatic carbocycles. The van der Waals surface area contributed by atoms with Crippen molar-refractivity contribution in [3.63, 3.8) is 0 Å². The van der Waals surface area contributed by atoms with E-state index in [9.17, 15) is 13.6 Å². The number of anilines is 1. The first kappa shape index (κ1) is 17.8. The Kier molecular flexibility index (Phi) is 3.74. The van der Waals surface area contributed by atoms with Crippen LogP contribution in [0.4, 0.5) is 14.5 Å². The van der Waals surface area contributed by atoms with Crippen LogP contribution in [0.1, 0.15) is 67.3 Å². The molecule has 6 nitrogen and oxygen atoms in total. The number of nitrogens with one attached hydrogen (secondary N) is 2. The van der Waals surface area contributed by atoms with E-state index in [0.29, 0.717) is 23.0 Å². The lowest BCUT2D eigenvalue weighted by atomic mass is 9.87. The number of halogens is 2. The fourth-order valence-electron chi connectivity index (χ4n) is 5.09. The van der Waals surface area contributed by atoms with E-state index < -0.39 is 17.3 Å². The molecule has 2 aromatic rings. The molecule has 1 amide bonds. The van der Waals surface area contributed by atoms with Gasteiger partial charge in [-0.3, -0.25) is 14.6 Å². The molecule has 5 rings (SSSR count). The van der Waals surface area contributed by atoms with Crippen molar-refractivity contribution in [3.05, 3.63) is 29.3 Å². The number of rotatable bonds is 3. The van der Waals surface area contributed by atoms with E-state index in [0.717, 1.165) is 18.8 Å². The van der Waals surface area contributed by atoms with Crippen LogP contribution in [-0.4, -0.2) is 31.8 Å². The zero-order chi connectivity index (χ0) is 19.7. The second kappa shape index (κ2) is 5.87. The van der Waals surface area contributed by atoms with Gasteiger partial charge in [0.05, 0.1) is 17.9 Å². The lowest BCUT2D eigenvalue weighted by Crippen LogP contribution is -2.18. The summed E-state index contributed by atoms with van der Waals surface area (Å²) in [6.45, 7) is 3.89. The molecule has 0 bridgehead atoms. The van der Waals surface area contributed by atoms with E-state index >= 15 is 0 Å². The average Bonchev–Trinajstić information content (AvgIpc) is 3.09. The standard InChI is InChI=1S/C20H25F2N5O/c1-11-3-5-13(6-4-11)27-10-12(9-23-27)24-18(28)17-14-7-16-19(2,20(16,21)22)8-15(14)25-26-17/h9-11,13,16H,3-8H2,1-2H3,(H,24,28)(H,25,26). The molecule has 0 saturated heterocycles. The first-order chi connectivity index (χ1) is 13.3. The number of hydrogen-bond donors (Lipinski definition) is 2. The maximum absolute atomic E-state index is 14.1. The molecule has 2 unspecified atom stereocenters. The highest BCUT2D eigenvalue weighted by Gasteiger charge is 2.78. The molecule has 2 atom stereocenters. The maximum Gasteiger partial charge on any atom is 0.276 e. The van der Waals surface area contributed by atoms with Gasteiger partial charge in [0.2, 0.25) is 0 Å². The number of carbonyl (C=O) groups is 1. The molecule has 2 fully saturated rings. The average molecular weight is 389 g/mol. The SMILES string of the molecule is CC1CCC(n2cc(NC(=O)c3n[nH]c4c3CC3C(F)(F)C3(C)C4)cn2)CC1. The molecule has 2 aromatic heterocycles. The minimum absolute atomic E-state index is 0.192. The normalized spacial score (nSPS) is 33.1. The van der Waals surface area contributed by atoms with Crippen LogP contribution in [0.25, 0.3) is 0 Å². The third-order valence-corrected chi connectivity index (χ3v) is 7.22. The molecular weight excluding hydrogens is 364 g/mol. The number of alkyl halides is 2. The first-order valence-corrected chi connectivity index (χ1v) is 10.1. The Labute approximate surface area is 162 Å². The van der Waals surface area contributed by atoms with Gasteiger partial charge in [0.15, 0.2) is 5.69 Å². The molecule has 2 saturated carbocycles. The van der Waals surface area contributed by atoms with Gasteiger partial charge in [0.25, 0.3) is 11.8 Å². The van der Waals surface area contributed by atoms with Gasteiger partial charge in [-0.25, -0.2) is 8.78 Å². The molecule has 2 heterocycles. The Morgan fingerprint density at radius 3 is 2.82 bits per heavy atom. The molecule has 8 heteroatoms. The zero-order valence-corrected chi connectivity index (χ0v) is 16.1. The number of amides is 1. The van der Waals surface area contributed by atoms with Crippen molar-refractivity contribution < 1.29 is 13.6 Å². The largest absolute Gasteiger partial charge is 0.318 e. The van der Waals surface area contributed by atoms with Crippen molar-refractivity contribution >= 4 is 11.6 Å². The van der Waals surface area contributed by atoms with Crippen molar-refractivity contribution in [1.29, 1.82) is 0 Å². The molecule has 150 valence electrons. The highest BCUT2D eigenvalue weighted by Crippen LogP contribution is 2.70. The summed E-state index contributed by atoms with van der Waals surface area (Å²) in [7, 11) is 0. The summed E-state index contributed by atoms with van der Waals surface area (Å²) in [5, 5.41) is 14.2. The number of hydrogen-bond acceptors (Lipinski definition) is 3. The highest BCUT2D eigenvalue weighted by molar-refractivity contribution is 6.04.